The van der Waals surface area contributed by atoms with E-state index in [1.807, 2.05) is 37.3 Å². The Morgan fingerprint density at radius 3 is 2.40 bits per heavy atom. The molecule has 1 saturated heterocycles. The van der Waals surface area contributed by atoms with E-state index in [-0.39, 0.29) is 24.4 Å². The van der Waals surface area contributed by atoms with Crippen molar-refractivity contribution in [1.82, 2.24) is 10.2 Å². The maximum Gasteiger partial charge on any atom is 0.416 e. The van der Waals surface area contributed by atoms with Crippen LogP contribution in [0.1, 0.15) is 55.5 Å². The number of amides is 2. The third-order valence-corrected chi connectivity index (χ3v) is 5.61. The van der Waals surface area contributed by atoms with Crippen LogP contribution in [0.4, 0.5) is 13.2 Å². The van der Waals surface area contributed by atoms with E-state index in [0.29, 0.717) is 18.4 Å². The second-order valence-corrected chi connectivity index (χ2v) is 7.73. The molecule has 4 nitrogen and oxygen atoms in total. The number of carbonyl (C=O) groups excluding carboxylic acids is 2. The predicted octanol–water partition coefficient (Wildman–Crippen LogP) is 4.88. The minimum absolute atomic E-state index is 0.153. The van der Waals surface area contributed by atoms with Gasteiger partial charge in [-0.05, 0) is 43.0 Å². The quantitative estimate of drug-likeness (QED) is 0.769. The number of nitrogens with zero attached hydrogens (tertiary/aromatic N) is 1. The van der Waals surface area contributed by atoms with Crippen molar-refractivity contribution in [3.05, 3.63) is 71.3 Å². The lowest BCUT2D eigenvalue weighted by atomic mass is 9.87. The fraction of sp³-hybridized carbons (Fsp3) is 0.391. The highest BCUT2D eigenvalue weighted by molar-refractivity contribution is 5.81. The molecule has 160 valence electrons. The molecule has 2 aromatic carbocycles. The first-order chi connectivity index (χ1) is 14.2. The zero-order chi connectivity index (χ0) is 21.9. The first kappa shape index (κ1) is 21.9. The van der Waals surface area contributed by atoms with Crippen LogP contribution in [0, 0.1) is 5.92 Å². The molecule has 0 bridgehead atoms. The highest BCUT2D eigenvalue weighted by Gasteiger charge is 2.36. The maximum absolute atomic E-state index is 13.1. The van der Waals surface area contributed by atoms with E-state index in [2.05, 4.69) is 5.32 Å². The first-order valence-electron chi connectivity index (χ1n) is 9.96. The molecule has 0 unspecified atom stereocenters. The first-order valence-corrected chi connectivity index (χ1v) is 9.96. The Morgan fingerprint density at radius 1 is 1.07 bits per heavy atom. The number of nitrogens with one attached hydrogen (secondary N) is 1. The van der Waals surface area contributed by atoms with Crippen LogP contribution >= 0.6 is 0 Å². The third-order valence-electron chi connectivity index (χ3n) is 5.61. The summed E-state index contributed by atoms with van der Waals surface area (Å²) < 4.78 is 39.3. The maximum atomic E-state index is 13.1. The van der Waals surface area contributed by atoms with Gasteiger partial charge in [-0.3, -0.25) is 9.59 Å². The van der Waals surface area contributed by atoms with Gasteiger partial charge in [0.1, 0.15) is 0 Å². The molecule has 2 aromatic rings. The summed E-state index contributed by atoms with van der Waals surface area (Å²) >= 11 is 0. The second-order valence-electron chi connectivity index (χ2n) is 7.73. The Balaban J connectivity index is 1.73. The number of benzene rings is 2. The number of hydrogen-bond donors (Lipinski definition) is 1. The van der Waals surface area contributed by atoms with Crippen molar-refractivity contribution < 1.29 is 22.8 Å². The van der Waals surface area contributed by atoms with E-state index >= 15 is 0 Å². The molecule has 0 radical (unpaired) electrons. The molecule has 2 amide bonds. The zero-order valence-electron chi connectivity index (χ0n) is 16.9. The number of rotatable bonds is 4. The van der Waals surface area contributed by atoms with Crippen molar-refractivity contribution in [3.8, 4) is 0 Å². The Morgan fingerprint density at radius 2 is 1.77 bits per heavy atom. The van der Waals surface area contributed by atoms with Crippen LogP contribution in [-0.2, 0) is 15.8 Å². The summed E-state index contributed by atoms with van der Waals surface area (Å²) in [7, 11) is 0. The number of carbonyl (C=O) groups is 2. The summed E-state index contributed by atoms with van der Waals surface area (Å²) in [6.45, 7) is 3.46. The van der Waals surface area contributed by atoms with Crippen LogP contribution in [0.15, 0.2) is 54.6 Å². The highest BCUT2D eigenvalue weighted by atomic mass is 19.4. The smallest absolute Gasteiger partial charge is 0.349 e. The SMILES string of the molecule is CC(=O)N1C[C@H](C(=O)N[C@H](C)c2ccccc2)CC[C@H]1c1cccc(C(F)(F)F)c1. The Hall–Kier alpha value is -2.83. The van der Waals surface area contributed by atoms with E-state index in [1.54, 1.807) is 6.07 Å². The molecule has 1 N–H and O–H groups in total. The molecule has 0 spiro atoms. The minimum atomic E-state index is -4.44. The summed E-state index contributed by atoms with van der Waals surface area (Å²) in [5.41, 5.74) is 0.684. The number of hydrogen-bond acceptors (Lipinski definition) is 2. The Labute approximate surface area is 174 Å². The van der Waals surface area contributed by atoms with Crippen LogP contribution in [0.3, 0.4) is 0 Å². The molecule has 1 aliphatic rings. The van der Waals surface area contributed by atoms with Gasteiger partial charge in [-0.2, -0.15) is 13.2 Å². The van der Waals surface area contributed by atoms with Crippen LogP contribution in [0.5, 0.6) is 0 Å². The Bertz CT molecular complexity index is 899. The largest absolute Gasteiger partial charge is 0.416 e. The van der Waals surface area contributed by atoms with Gasteiger partial charge in [0.2, 0.25) is 11.8 Å². The fourth-order valence-electron chi connectivity index (χ4n) is 3.96. The monoisotopic (exact) mass is 418 g/mol. The van der Waals surface area contributed by atoms with Gasteiger partial charge in [-0.15, -0.1) is 0 Å². The van der Waals surface area contributed by atoms with Gasteiger partial charge in [0.25, 0.3) is 0 Å². The number of likely N-dealkylation sites (tertiary alicyclic amines) is 1. The normalized spacial score (nSPS) is 20.5. The molecule has 0 saturated carbocycles. The van der Waals surface area contributed by atoms with Gasteiger partial charge in [0.05, 0.1) is 23.6 Å². The van der Waals surface area contributed by atoms with E-state index in [9.17, 15) is 22.8 Å². The topological polar surface area (TPSA) is 49.4 Å². The van der Waals surface area contributed by atoms with Crippen molar-refractivity contribution in [2.24, 2.45) is 5.92 Å². The molecular formula is C23H25F3N2O2. The van der Waals surface area contributed by atoms with Crippen LogP contribution in [-0.4, -0.2) is 23.3 Å². The van der Waals surface area contributed by atoms with Crippen molar-refractivity contribution in [2.75, 3.05) is 6.54 Å². The molecule has 7 heteroatoms. The van der Waals surface area contributed by atoms with E-state index in [1.165, 1.54) is 17.9 Å². The molecule has 30 heavy (non-hydrogen) atoms. The summed E-state index contributed by atoms with van der Waals surface area (Å²) in [6, 6.07) is 14.0. The molecule has 0 aliphatic carbocycles. The van der Waals surface area contributed by atoms with Crippen molar-refractivity contribution in [2.45, 2.75) is 44.9 Å². The average Bonchev–Trinajstić information content (AvgIpc) is 2.73. The lowest BCUT2D eigenvalue weighted by Gasteiger charge is -2.39. The zero-order valence-corrected chi connectivity index (χ0v) is 16.9. The number of alkyl halides is 3. The summed E-state index contributed by atoms with van der Waals surface area (Å²) in [4.78, 5) is 26.5. The van der Waals surface area contributed by atoms with Crippen LogP contribution < -0.4 is 5.32 Å². The van der Waals surface area contributed by atoms with Crippen molar-refractivity contribution in [3.63, 3.8) is 0 Å². The lowest BCUT2D eigenvalue weighted by Crippen LogP contribution is -2.46. The van der Waals surface area contributed by atoms with Crippen LogP contribution in [0.25, 0.3) is 0 Å². The van der Waals surface area contributed by atoms with E-state index < -0.39 is 23.7 Å². The molecule has 3 atom stereocenters. The van der Waals surface area contributed by atoms with Gasteiger partial charge in [0.15, 0.2) is 0 Å². The predicted molar refractivity (Wildman–Crippen MR) is 107 cm³/mol. The number of piperidine rings is 1. The van der Waals surface area contributed by atoms with Gasteiger partial charge in [0, 0.05) is 13.5 Å². The minimum Gasteiger partial charge on any atom is -0.349 e. The standard InChI is InChI=1S/C23H25F3N2O2/c1-15(17-7-4-3-5-8-17)27-22(30)19-11-12-21(28(14-19)16(2)29)18-9-6-10-20(13-18)23(24,25)26/h3-10,13,15,19,21H,11-12,14H2,1-2H3,(H,27,30)/t15-,19-,21+/m1/s1. The van der Waals surface area contributed by atoms with Crippen LogP contribution in [0.2, 0.25) is 0 Å². The molecule has 1 aliphatic heterocycles. The highest BCUT2D eigenvalue weighted by Crippen LogP contribution is 2.37. The molecular weight excluding hydrogens is 393 g/mol. The fourth-order valence-corrected chi connectivity index (χ4v) is 3.96. The summed E-state index contributed by atoms with van der Waals surface area (Å²) in [5.74, 6) is -0.812. The van der Waals surface area contributed by atoms with Gasteiger partial charge >= 0.3 is 6.18 Å². The molecule has 0 aromatic heterocycles. The second kappa shape index (κ2) is 8.90. The number of halogens is 3. The van der Waals surface area contributed by atoms with E-state index in [4.69, 9.17) is 0 Å². The third kappa shape index (κ3) is 5.01. The summed E-state index contributed by atoms with van der Waals surface area (Å²) in [5, 5.41) is 2.98. The Kier molecular flexibility index (Phi) is 6.48. The molecule has 1 heterocycles. The van der Waals surface area contributed by atoms with Crippen molar-refractivity contribution >= 4 is 11.8 Å². The van der Waals surface area contributed by atoms with Gasteiger partial charge in [-0.25, -0.2) is 0 Å². The summed E-state index contributed by atoms with van der Waals surface area (Å²) in [6.07, 6.45) is -3.52. The lowest BCUT2D eigenvalue weighted by molar-refractivity contribution is -0.137. The van der Waals surface area contributed by atoms with Gasteiger partial charge < -0.3 is 10.2 Å². The van der Waals surface area contributed by atoms with Gasteiger partial charge in [-0.1, -0.05) is 42.5 Å². The average molecular weight is 418 g/mol. The molecule has 3 rings (SSSR count). The van der Waals surface area contributed by atoms with Crippen molar-refractivity contribution in [1.29, 1.82) is 0 Å². The molecule has 1 fully saturated rings. The van der Waals surface area contributed by atoms with E-state index in [0.717, 1.165) is 17.7 Å².